The van der Waals surface area contributed by atoms with E-state index in [-0.39, 0.29) is 5.92 Å². The first kappa shape index (κ1) is 33.7. The maximum absolute atomic E-state index is 6.83. The SMILES string of the molecule is c1ccc(-c2cc3oc4cc(C(CCc5ccc6c(c5)oc5ccccc56)c5ccc(-c6cc7ccccc7c7ccccc67)cc5)ccc4c3c3ccccc23)cc1. The molecular weight excluding hydrogens is 717 g/mol. The third-order valence-electron chi connectivity index (χ3n) is 12.5. The minimum absolute atomic E-state index is 0.137. The number of hydrogen-bond donors (Lipinski definition) is 0. The van der Waals surface area contributed by atoms with Crippen LogP contribution in [-0.4, -0.2) is 0 Å². The Bertz CT molecular complexity index is 3550. The summed E-state index contributed by atoms with van der Waals surface area (Å²) < 4.78 is 13.1. The van der Waals surface area contributed by atoms with Gasteiger partial charge in [-0.15, -0.1) is 0 Å². The molecule has 10 aromatic carbocycles. The first-order valence-corrected chi connectivity index (χ1v) is 20.6. The van der Waals surface area contributed by atoms with E-state index in [1.807, 2.05) is 6.07 Å². The predicted molar refractivity (Wildman–Crippen MR) is 247 cm³/mol. The number of fused-ring (bicyclic) bond motifs is 11. The lowest BCUT2D eigenvalue weighted by Gasteiger charge is -2.19. The first-order valence-electron chi connectivity index (χ1n) is 20.6. The Morgan fingerprint density at radius 3 is 1.75 bits per heavy atom. The summed E-state index contributed by atoms with van der Waals surface area (Å²) in [4.78, 5) is 0. The molecule has 0 N–H and O–H groups in total. The van der Waals surface area contributed by atoms with Crippen LogP contribution in [0.3, 0.4) is 0 Å². The van der Waals surface area contributed by atoms with Crippen molar-refractivity contribution in [2.24, 2.45) is 0 Å². The number of rotatable bonds is 7. The molecule has 2 nitrogen and oxygen atoms in total. The van der Waals surface area contributed by atoms with Crippen LogP contribution in [-0.2, 0) is 6.42 Å². The summed E-state index contributed by atoms with van der Waals surface area (Å²) in [7, 11) is 0. The monoisotopic (exact) mass is 754 g/mol. The standard InChI is InChI=1S/C57H38O2/c1-2-12-37(13-3-1)52-35-56-57(49-20-9-8-18-46(49)52)50-31-28-41(34-55(50)59-56)42(29-22-36-23-30-48-47-19-10-11-21-53(47)58-54(48)32-36)38-24-26-39(27-25-38)51-33-40-14-4-5-15-43(40)44-16-6-7-17-45(44)51/h1-21,23-28,30-35,42H,22,29H2. The van der Waals surface area contributed by atoms with Crippen LogP contribution in [0.15, 0.2) is 209 Å². The highest BCUT2D eigenvalue weighted by Crippen LogP contribution is 2.43. The Labute approximate surface area is 341 Å². The molecule has 0 spiro atoms. The Hall–Kier alpha value is -7.42. The van der Waals surface area contributed by atoms with Crippen LogP contribution in [0.5, 0.6) is 0 Å². The molecule has 0 saturated heterocycles. The van der Waals surface area contributed by atoms with Gasteiger partial charge in [-0.3, -0.25) is 0 Å². The summed E-state index contributed by atoms with van der Waals surface area (Å²) in [5, 5.41) is 12.2. The second-order valence-electron chi connectivity index (χ2n) is 15.9. The Morgan fingerprint density at radius 2 is 0.915 bits per heavy atom. The van der Waals surface area contributed by atoms with Crippen molar-refractivity contribution in [1.29, 1.82) is 0 Å². The van der Waals surface area contributed by atoms with E-state index in [1.165, 1.54) is 76.6 Å². The molecule has 0 saturated carbocycles. The van der Waals surface area contributed by atoms with Crippen molar-refractivity contribution in [2.45, 2.75) is 18.8 Å². The zero-order valence-electron chi connectivity index (χ0n) is 32.4. The van der Waals surface area contributed by atoms with Gasteiger partial charge in [0.1, 0.15) is 22.3 Å². The van der Waals surface area contributed by atoms with Crippen molar-refractivity contribution in [3.63, 3.8) is 0 Å². The van der Waals surface area contributed by atoms with E-state index in [2.05, 4.69) is 194 Å². The van der Waals surface area contributed by atoms with E-state index in [0.717, 1.165) is 51.3 Å². The maximum atomic E-state index is 6.83. The smallest absolute Gasteiger partial charge is 0.136 e. The largest absolute Gasteiger partial charge is 0.456 e. The highest BCUT2D eigenvalue weighted by molar-refractivity contribution is 6.22. The molecule has 0 fully saturated rings. The second kappa shape index (κ2) is 13.6. The molecule has 59 heavy (non-hydrogen) atoms. The topological polar surface area (TPSA) is 26.3 Å². The first-order chi connectivity index (χ1) is 29.2. The summed E-state index contributed by atoms with van der Waals surface area (Å²) >= 11 is 0. The molecule has 12 aromatic rings. The van der Waals surface area contributed by atoms with Crippen molar-refractivity contribution < 1.29 is 8.83 Å². The van der Waals surface area contributed by atoms with E-state index in [1.54, 1.807) is 0 Å². The van der Waals surface area contributed by atoms with Crippen LogP contribution in [0.1, 0.15) is 29.0 Å². The van der Waals surface area contributed by atoms with Crippen LogP contribution in [0, 0.1) is 0 Å². The summed E-state index contributed by atoms with van der Waals surface area (Å²) in [5.41, 5.74) is 12.4. The summed E-state index contributed by atoms with van der Waals surface area (Å²) in [6, 6.07) is 72.7. The van der Waals surface area contributed by atoms with E-state index < -0.39 is 0 Å². The van der Waals surface area contributed by atoms with Crippen molar-refractivity contribution in [3.05, 3.63) is 217 Å². The molecule has 12 rings (SSSR count). The third-order valence-corrected chi connectivity index (χ3v) is 12.5. The normalized spacial score (nSPS) is 12.5. The van der Waals surface area contributed by atoms with Crippen molar-refractivity contribution in [3.8, 4) is 22.3 Å². The average molecular weight is 755 g/mol. The number of para-hydroxylation sites is 1. The molecule has 0 aliphatic rings. The van der Waals surface area contributed by atoms with Gasteiger partial charge in [-0.25, -0.2) is 0 Å². The molecule has 2 aromatic heterocycles. The summed E-state index contributed by atoms with van der Waals surface area (Å²) in [6.45, 7) is 0. The molecule has 0 aliphatic carbocycles. The highest BCUT2D eigenvalue weighted by atomic mass is 16.3. The van der Waals surface area contributed by atoms with Gasteiger partial charge < -0.3 is 8.83 Å². The maximum Gasteiger partial charge on any atom is 0.136 e. The van der Waals surface area contributed by atoms with E-state index in [0.29, 0.717) is 0 Å². The molecule has 1 atom stereocenters. The van der Waals surface area contributed by atoms with Gasteiger partial charge in [-0.05, 0) is 114 Å². The fourth-order valence-electron chi connectivity index (χ4n) is 9.68. The summed E-state index contributed by atoms with van der Waals surface area (Å²) in [5.74, 6) is 0.137. The van der Waals surface area contributed by atoms with Crippen molar-refractivity contribution in [1.82, 2.24) is 0 Å². The lowest BCUT2D eigenvalue weighted by atomic mass is 9.84. The van der Waals surface area contributed by atoms with Gasteiger partial charge in [0.2, 0.25) is 0 Å². The fraction of sp³-hybridized carbons (Fsp3) is 0.0526. The van der Waals surface area contributed by atoms with Crippen LogP contribution in [0.25, 0.3) is 98.4 Å². The lowest BCUT2D eigenvalue weighted by molar-refractivity contribution is 0.663. The summed E-state index contributed by atoms with van der Waals surface area (Å²) in [6.07, 6.45) is 1.83. The third kappa shape index (κ3) is 5.63. The molecule has 0 radical (unpaired) electrons. The molecule has 0 aliphatic heterocycles. The van der Waals surface area contributed by atoms with Crippen LogP contribution in [0.4, 0.5) is 0 Å². The molecule has 0 amide bonds. The van der Waals surface area contributed by atoms with Crippen molar-refractivity contribution in [2.75, 3.05) is 0 Å². The molecule has 278 valence electrons. The van der Waals surface area contributed by atoms with E-state index in [9.17, 15) is 0 Å². The van der Waals surface area contributed by atoms with Gasteiger partial charge in [0, 0.05) is 27.5 Å². The minimum Gasteiger partial charge on any atom is -0.456 e. The van der Waals surface area contributed by atoms with Gasteiger partial charge in [-0.2, -0.15) is 0 Å². The zero-order valence-corrected chi connectivity index (χ0v) is 32.4. The lowest BCUT2D eigenvalue weighted by Crippen LogP contribution is -2.03. The quantitative estimate of drug-likeness (QED) is 0.151. The van der Waals surface area contributed by atoms with Crippen molar-refractivity contribution >= 4 is 76.2 Å². The zero-order chi connectivity index (χ0) is 38.9. The van der Waals surface area contributed by atoms with Gasteiger partial charge >= 0.3 is 0 Å². The molecule has 2 heterocycles. The van der Waals surface area contributed by atoms with Crippen LogP contribution < -0.4 is 0 Å². The molecule has 1 unspecified atom stereocenters. The average Bonchev–Trinajstić information content (AvgIpc) is 3.87. The van der Waals surface area contributed by atoms with Gasteiger partial charge in [0.25, 0.3) is 0 Å². The van der Waals surface area contributed by atoms with E-state index >= 15 is 0 Å². The Morgan fingerprint density at radius 1 is 0.339 bits per heavy atom. The second-order valence-corrected chi connectivity index (χ2v) is 15.9. The minimum atomic E-state index is 0.137. The number of aryl methyl sites for hydroxylation is 1. The highest BCUT2D eigenvalue weighted by Gasteiger charge is 2.20. The molecule has 0 bridgehead atoms. The van der Waals surface area contributed by atoms with Crippen LogP contribution >= 0.6 is 0 Å². The van der Waals surface area contributed by atoms with E-state index in [4.69, 9.17) is 8.83 Å². The molecular formula is C57H38O2. The number of benzene rings is 10. The van der Waals surface area contributed by atoms with Crippen LogP contribution in [0.2, 0.25) is 0 Å². The fourth-order valence-corrected chi connectivity index (χ4v) is 9.68. The van der Waals surface area contributed by atoms with Gasteiger partial charge in [-0.1, -0.05) is 170 Å². The Kier molecular flexibility index (Phi) is 7.77. The number of furan rings is 2. The Balaban J connectivity index is 0.972. The molecule has 2 heteroatoms. The predicted octanol–water partition coefficient (Wildman–Crippen LogP) is 16.0. The van der Waals surface area contributed by atoms with Gasteiger partial charge in [0.05, 0.1) is 0 Å². The van der Waals surface area contributed by atoms with Gasteiger partial charge in [0.15, 0.2) is 0 Å². The number of hydrogen-bond acceptors (Lipinski definition) is 2.